The van der Waals surface area contributed by atoms with Crippen molar-refractivity contribution in [3.8, 4) is 0 Å². The normalized spacial score (nSPS) is 12.6. The van der Waals surface area contributed by atoms with E-state index in [1.54, 1.807) is 29.7 Å². The van der Waals surface area contributed by atoms with Gasteiger partial charge in [0.25, 0.3) is 5.91 Å². The van der Waals surface area contributed by atoms with E-state index in [9.17, 15) is 4.79 Å². The smallest absolute Gasteiger partial charge is 0.271 e. The number of aryl methyl sites for hydroxylation is 2. The summed E-state index contributed by atoms with van der Waals surface area (Å²) in [5, 5.41) is 4.15. The van der Waals surface area contributed by atoms with Crippen LogP contribution in [0.1, 0.15) is 23.1 Å². The van der Waals surface area contributed by atoms with Crippen molar-refractivity contribution in [3.05, 3.63) is 17.5 Å². The van der Waals surface area contributed by atoms with Crippen molar-refractivity contribution >= 4 is 21.8 Å². The highest BCUT2D eigenvalue weighted by molar-refractivity contribution is 9.09. The highest BCUT2D eigenvalue weighted by Gasteiger charge is 2.17. The van der Waals surface area contributed by atoms with Crippen molar-refractivity contribution in [2.45, 2.75) is 18.7 Å². The molecule has 1 rings (SSSR count). The van der Waals surface area contributed by atoms with E-state index in [4.69, 9.17) is 0 Å². The first-order valence-corrected chi connectivity index (χ1v) is 5.73. The van der Waals surface area contributed by atoms with Crippen LogP contribution in [0.25, 0.3) is 0 Å². The maximum absolute atomic E-state index is 12.0. The monoisotopic (exact) mass is 273 g/mol. The van der Waals surface area contributed by atoms with Crippen molar-refractivity contribution in [1.29, 1.82) is 0 Å². The molecule has 1 atom stereocenters. The average Bonchev–Trinajstić information content (AvgIpc) is 2.42. The number of hydrogen-bond donors (Lipinski definition) is 0. The zero-order valence-electron chi connectivity index (χ0n) is 9.49. The lowest BCUT2D eigenvalue weighted by atomic mass is 10.3. The van der Waals surface area contributed by atoms with Crippen LogP contribution in [0.2, 0.25) is 0 Å². The molecule has 0 aromatic carbocycles. The van der Waals surface area contributed by atoms with E-state index in [0.717, 1.165) is 5.69 Å². The summed E-state index contributed by atoms with van der Waals surface area (Å²) in [4.78, 5) is 13.9. The fourth-order valence-electron chi connectivity index (χ4n) is 1.47. The minimum Gasteiger partial charge on any atom is -0.339 e. The number of nitrogens with zero attached hydrogens (tertiary/aromatic N) is 3. The number of carbonyl (C=O) groups is 1. The standard InChI is InChI=1S/C10H16BrN3O/c1-7(11)6-13(3)10(15)9-5-8(2)12-14(9)4/h5,7H,6H2,1-4H3. The summed E-state index contributed by atoms with van der Waals surface area (Å²) in [6.45, 7) is 4.57. The molecule has 84 valence electrons. The van der Waals surface area contributed by atoms with Crippen LogP contribution in [0.15, 0.2) is 6.07 Å². The lowest BCUT2D eigenvalue weighted by molar-refractivity contribution is 0.0786. The van der Waals surface area contributed by atoms with Crippen LogP contribution in [-0.2, 0) is 7.05 Å². The van der Waals surface area contributed by atoms with Gasteiger partial charge in [-0.05, 0) is 13.0 Å². The number of aromatic nitrogens is 2. The summed E-state index contributed by atoms with van der Waals surface area (Å²) in [7, 11) is 3.58. The van der Waals surface area contributed by atoms with Gasteiger partial charge >= 0.3 is 0 Å². The predicted octanol–water partition coefficient (Wildman–Crippen LogP) is 1.58. The Hall–Kier alpha value is -0.840. The summed E-state index contributed by atoms with van der Waals surface area (Å²) in [6.07, 6.45) is 0. The van der Waals surface area contributed by atoms with E-state index in [2.05, 4.69) is 21.0 Å². The number of carbonyl (C=O) groups excluding carboxylic acids is 1. The van der Waals surface area contributed by atoms with Crippen molar-refractivity contribution in [2.24, 2.45) is 7.05 Å². The number of amides is 1. The lowest BCUT2D eigenvalue weighted by Crippen LogP contribution is -2.32. The number of hydrogen-bond acceptors (Lipinski definition) is 2. The largest absolute Gasteiger partial charge is 0.339 e. The summed E-state index contributed by atoms with van der Waals surface area (Å²) in [6, 6.07) is 1.80. The second-order valence-electron chi connectivity index (χ2n) is 3.76. The van der Waals surface area contributed by atoms with Gasteiger partial charge in [0, 0.05) is 25.5 Å². The SMILES string of the molecule is Cc1cc(C(=O)N(C)CC(C)Br)n(C)n1. The quantitative estimate of drug-likeness (QED) is 0.785. The molecule has 1 aromatic heterocycles. The second-order valence-corrected chi connectivity index (χ2v) is 5.32. The third-order valence-electron chi connectivity index (χ3n) is 2.09. The van der Waals surface area contributed by atoms with E-state index in [1.165, 1.54) is 0 Å². The topological polar surface area (TPSA) is 38.1 Å². The lowest BCUT2D eigenvalue weighted by Gasteiger charge is -2.18. The first kappa shape index (κ1) is 12.2. The minimum absolute atomic E-state index is 0.00407. The van der Waals surface area contributed by atoms with Crippen molar-refractivity contribution in [1.82, 2.24) is 14.7 Å². The molecule has 1 heterocycles. The Bertz CT molecular complexity index is 360. The number of rotatable bonds is 3. The van der Waals surface area contributed by atoms with Crippen molar-refractivity contribution < 1.29 is 4.79 Å². The first-order valence-electron chi connectivity index (χ1n) is 4.82. The Morgan fingerprint density at radius 2 is 2.33 bits per heavy atom. The molecule has 15 heavy (non-hydrogen) atoms. The Balaban J connectivity index is 2.80. The van der Waals surface area contributed by atoms with E-state index < -0.39 is 0 Å². The first-order chi connectivity index (χ1) is 6.91. The highest BCUT2D eigenvalue weighted by Crippen LogP contribution is 2.07. The summed E-state index contributed by atoms with van der Waals surface area (Å²) in [5.41, 5.74) is 1.49. The van der Waals surface area contributed by atoms with Crippen LogP contribution >= 0.6 is 15.9 Å². The zero-order chi connectivity index (χ0) is 11.6. The maximum atomic E-state index is 12.0. The molecule has 1 amide bonds. The maximum Gasteiger partial charge on any atom is 0.271 e. The average molecular weight is 274 g/mol. The zero-order valence-corrected chi connectivity index (χ0v) is 11.1. The van der Waals surface area contributed by atoms with Crippen LogP contribution in [0.5, 0.6) is 0 Å². The molecule has 5 heteroatoms. The van der Waals surface area contributed by atoms with Gasteiger partial charge in [0.15, 0.2) is 0 Å². The highest BCUT2D eigenvalue weighted by atomic mass is 79.9. The predicted molar refractivity (Wildman–Crippen MR) is 63.3 cm³/mol. The molecule has 4 nitrogen and oxygen atoms in total. The molecule has 0 aliphatic carbocycles. The number of alkyl halides is 1. The van der Waals surface area contributed by atoms with Gasteiger partial charge in [0.05, 0.1) is 5.69 Å². The van der Waals surface area contributed by atoms with Gasteiger partial charge < -0.3 is 4.90 Å². The van der Waals surface area contributed by atoms with Gasteiger partial charge in [-0.15, -0.1) is 0 Å². The molecule has 1 unspecified atom stereocenters. The summed E-state index contributed by atoms with van der Waals surface area (Å²) >= 11 is 3.42. The molecule has 0 saturated carbocycles. The van der Waals surface area contributed by atoms with Crippen molar-refractivity contribution in [3.63, 3.8) is 0 Å². The summed E-state index contributed by atoms with van der Waals surface area (Å²) < 4.78 is 1.62. The fourth-order valence-corrected chi connectivity index (χ4v) is 1.90. The van der Waals surface area contributed by atoms with Crippen LogP contribution in [0, 0.1) is 6.92 Å². The molecule has 0 aliphatic heterocycles. The Kier molecular flexibility index (Phi) is 3.90. The Morgan fingerprint density at radius 1 is 1.73 bits per heavy atom. The fraction of sp³-hybridized carbons (Fsp3) is 0.600. The number of halogens is 1. The van der Waals surface area contributed by atoms with E-state index in [0.29, 0.717) is 17.1 Å². The minimum atomic E-state index is 0.00407. The van der Waals surface area contributed by atoms with Crippen LogP contribution < -0.4 is 0 Å². The van der Waals surface area contributed by atoms with Gasteiger partial charge in [-0.2, -0.15) is 5.10 Å². The molecular formula is C10H16BrN3O. The Labute approximate surface area is 98.4 Å². The van der Waals surface area contributed by atoms with E-state index in [-0.39, 0.29) is 5.91 Å². The van der Waals surface area contributed by atoms with E-state index in [1.807, 2.05) is 13.8 Å². The molecule has 0 radical (unpaired) electrons. The molecule has 0 fully saturated rings. The molecule has 0 bridgehead atoms. The van der Waals surface area contributed by atoms with Gasteiger partial charge in [-0.1, -0.05) is 22.9 Å². The molecule has 0 N–H and O–H groups in total. The van der Waals surface area contributed by atoms with Crippen LogP contribution in [0.3, 0.4) is 0 Å². The molecule has 0 aliphatic rings. The van der Waals surface area contributed by atoms with Gasteiger partial charge in [0.2, 0.25) is 0 Å². The molecular weight excluding hydrogens is 258 g/mol. The van der Waals surface area contributed by atoms with Gasteiger partial charge in [0.1, 0.15) is 5.69 Å². The molecule has 0 spiro atoms. The molecule has 0 saturated heterocycles. The Morgan fingerprint density at radius 3 is 2.73 bits per heavy atom. The third-order valence-corrected chi connectivity index (χ3v) is 2.38. The van der Waals surface area contributed by atoms with Gasteiger partial charge in [-0.25, -0.2) is 0 Å². The van der Waals surface area contributed by atoms with Gasteiger partial charge in [-0.3, -0.25) is 9.48 Å². The van der Waals surface area contributed by atoms with Crippen LogP contribution in [-0.4, -0.2) is 39.0 Å². The molecule has 1 aromatic rings. The summed E-state index contributed by atoms with van der Waals surface area (Å²) in [5.74, 6) is 0.00407. The van der Waals surface area contributed by atoms with Crippen molar-refractivity contribution in [2.75, 3.05) is 13.6 Å². The van der Waals surface area contributed by atoms with E-state index >= 15 is 0 Å². The van der Waals surface area contributed by atoms with Crippen LogP contribution in [0.4, 0.5) is 0 Å². The second kappa shape index (κ2) is 4.79. The third kappa shape index (κ3) is 3.06.